The van der Waals surface area contributed by atoms with E-state index in [4.69, 9.17) is 9.84 Å². The van der Waals surface area contributed by atoms with Crippen molar-refractivity contribution in [2.75, 3.05) is 0 Å². The second kappa shape index (κ2) is 27.3. The van der Waals surface area contributed by atoms with E-state index >= 15 is 0 Å². The predicted octanol–water partition coefficient (Wildman–Crippen LogP) is 9.94. The van der Waals surface area contributed by atoms with Gasteiger partial charge in [0.1, 0.15) is 6.10 Å². The van der Waals surface area contributed by atoms with Gasteiger partial charge in [-0.2, -0.15) is 0 Å². The maximum Gasteiger partial charge on any atom is 0.307 e. The van der Waals surface area contributed by atoms with Crippen molar-refractivity contribution in [3.63, 3.8) is 0 Å². The lowest BCUT2D eigenvalue weighted by Gasteiger charge is -2.16. The molecule has 4 heteroatoms. The highest BCUT2D eigenvalue weighted by molar-refractivity contribution is 5.71. The quantitative estimate of drug-likeness (QED) is 0.0701. The number of hydrogen-bond donors (Lipinski definition) is 1. The molecule has 0 saturated heterocycles. The van der Waals surface area contributed by atoms with E-state index in [1.54, 1.807) is 0 Å². The number of allylic oxidation sites excluding steroid dienone is 2. The first-order chi connectivity index (χ1) is 17.1. The molecule has 4 nitrogen and oxygen atoms in total. The summed E-state index contributed by atoms with van der Waals surface area (Å²) in [5, 5.41) is 9.17. The van der Waals surface area contributed by atoms with Gasteiger partial charge in [-0.1, -0.05) is 129 Å². The van der Waals surface area contributed by atoms with E-state index in [1.165, 1.54) is 103 Å². The van der Waals surface area contributed by atoms with Gasteiger partial charge >= 0.3 is 11.9 Å². The Morgan fingerprint density at radius 2 is 1.09 bits per heavy atom. The number of aliphatic carboxylic acids is 1. The van der Waals surface area contributed by atoms with Gasteiger partial charge in [-0.05, 0) is 38.5 Å². The second-order valence-electron chi connectivity index (χ2n) is 10.3. The van der Waals surface area contributed by atoms with Gasteiger partial charge in [-0.15, -0.1) is 0 Å². The van der Waals surface area contributed by atoms with Gasteiger partial charge in [-0.3, -0.25) is 9.59 Å². The highest BCUT2D eigenvalue weighted by Crippen LogP contribution is 2.16. The molecule has 206 valence electrons. The molecule has 0 aliphatic carbocycles. The summed E-state index contributed by atoms with van der Waals surface area (Å²) in [5.41, 5.74) is 0. The molecule has 0 aromatic heterocycles. The van der Waals surface area contributed by atoms with E-state index in [2.05, 4.69) is 26.0 Å². The Balaban J connectivity index is 3.72. The first-order valence-corrected chi connectivity index (χ1v) is 15.2. The number of carboxylic acid groups (broad SMARTS) is 1. The van der Waals surface area contributed by atoms with Crippen LogP contribution in [0.3, 0.4) is 0 Å². The maximum atomic E-state index is 12.2. The van der Waals surface area contributed by atoms with Gasteiger partial charge in [0.2, 0.25) is 0 Å². The zero-order chi connectivity index (χ0) is 25.8. The van der Waals surface area contributed by atoms with Crippen molar-refractivity contribution < 1.29 is 19.4 Å². The fraction of sp³-hybridized carbons (Fsp3) is 0.871. The average molecular weight is 495 g/mol. The van der Waals surface area contributed by atoms with Crippen LogP contribution in [0.25, 0.3) is 0 Å². The van der Waals surface area contributed by atoms with Crippen molar-refractivity contribution in [1.82, 2.24) is 0 Å². The number of carbonyl (C=O) groups is 2. The van der Waals surface area contributed by atoms with E-state index in [0.717, 1.165) is 32.1 Å². The Kier molecular flexibility index (Phi) is 26.2. The number of hydrogen-bond acceptors (Lipinski definition) is 3. The van der Waals surface area contributed by atoms with Crippen molar-refractivity contribution in [3.05, 3.63) is 12.2 Å². The molecule has 0 radical (unpaired) electrons. The zero-order valence-electron chi connectivity index (χ0n) is 23.4. The van der Waals surface area contributed by atoms with Crippen LogP contribution in [0.1, 0.15) is 168 Å². The lowest BCUT2D eigenvalue weighted by Crippen LogP contribution is -2.21. The second-order valence-corrected chi connectivity index (χ2v) is 10.3. The maximum absolute atomic E-state index is 12.2. The van der Waals surface area contributed by atoms with E-state index in [1.807, 2.05) is 0 Å². The number of carbonyl (C=O) groups excluding carboxylic acids is 1. The Morgan fingerprint density at radius 1 is 0.629 bits per heavy atom. The largest absolute Gasteiger partial charge is 0.481 e. The predicted molar refractivity (Wildman–Crippen MR) is 149 cm³/mol. The van der Waals surface area contributed by atoms with Gasteiger partial charge in [-0.25, -0.2) is 0 Å². The Labute approximate surface area is 217 Å². The number of rotatable bonds is 27. The summed E-state index contributed by atoms with van der Waals surface area (Å²) in [5.74, 6) is -1.11. The van der Waals surface area contributed by atoms with E-state index in [9.17, 15) is 9.59 Å². The molecular weight excluding hydrogens is 436 g/mol. The minimum atomic E-state index is -0.883. The number of unbranched alkanes of at least 4 members (excludes halogenated alkanes) is 18. The normalized spacial score (nSPS) is 12.3. The van der Waals surface area contributed by atoms with Crippen LogP contribution in [0, 0.1) is 0 Å². The molecule has 0 rings (SSSR count). The van der Waals surface area contributed by atoms with Crippen LogP contribution in [-0.2, 0) is 14.3 Å². The molecule has 0 heterocycles. The smallest absolute Gasteiger partial charge is 0.307 e. The summed E-state index contributed by atoms with van der Waals surface area (Å²) in [7, 11) is 0. The minimum absolute atomic E-state index is 0.0730. The van der Waals surface area contributed by atoms with Crippen molar-refractivity contribution in [3.8, 4) is 0 Å². The summed E-state index contributed by atoms with van der Waals surface area (Å²) in [6.07, 6.45) is 30.7. The van der Waals surface area contributed by atoms with Crippen molar-refractivity contribution in [2.24, 2.45) is 0 Å². The highest BCUT2D eigenvalue weighted by atomic mass is 16.5. The van der Waals surface area contributed by atoms with Gasteiger partial charge in [0, 0.05) is 6.42 Å². The first kappa shape index (κ1) is 33.7. The van der Waals surface area contributed by atoms with Gasteiger partial charge in [0.25, 0.3) is 0 Å². The van der Waals surface area contributed by atoms with Crippen LogP contribution in [0.2, 0.25) is 0 Å². The van der Waals surface area contributed by atoms with E-state index in [0.29, 0.717) is 12.8 Å². The number of carboxylic acids is 1. The van der Waals surface area contributed by atoms with Crippen LogP contribution in [0.15, 0.2) is 12.2 Å². The van der Waals surface area contributed by atoms with Crippen LogP contribution in [-0.4, -0.2) is 23.1 Å². The molecule has 0 aliphatic heterocycles. The van der Waals surface area contributed by atoms with Gasteiger partial charge in [0.15, 0.2) is 0 Å². The SMILES string of the molecule is CCCC/C=C\CCCCCCCCC(=O)OC(CCCCCCCCCCCCC)CC(=O)O. The molecule has 1 N–H and O–H groups in total. The fourth-order valence-electron chi connectivity index (χ4n) is 4.47. The molecular formula is C31H58O4. The first-order valence-electron chi connectivity index (χ1n) is 15.2. The van der Waals surface area contributed by atoms with Crippen LogP contribution in [0.5, 0.6) is 0 Å². The van der Waals surface area contributed by atoms with Crippen LogP contribution >= 0.6 is 0 Å². The molecule has 1 atom stereocenters. The standard InChI is InChI=1S/C31H58O4/c1-3-5-7-9-11-13-15-17-19-21-23-25-27-31(34)35-29(28-30(32)33)26-24-22-20-18-16-14-12-10-8-6-4-2/h9,11,29H,3-8,10,12-28H2,1-2H3,(H,32,33)/b11-9-. The molecule has 0 aromatic rings. The Hall–Kier alpha value is -1.32. The van der Waals surface area contributed by atoms with Crippen LogP contribution in [0.4, 0.5) is 0 Å². The summed E-state index contributed by atoms with van der Waals surface area (Å²) in [6, 6.07) is 0. The molecule has 0 bridgehead atoms. The minimum Gasteiger partial charge on any atom is -0.481 e. The summed E-state index contributed by atoms with van der Waals surface area (Å²) in [4.78, 5) is 23.4. The van der Waals surface area contributed by atoms with Crippen LogP contribution < -0.4 is 0 Å². The van der Waals surface area contributed by atoms with Gasteiger partial charge in [0.05, 0.1) is 6.42 Å². The third-order valence-corrected chi connectivity index (χ3v) is 6.72. The third kappa shape index (κ3) is 27.1. The molecule has 0 amide bonds. The van der Waals surface area contributed by atoms with Crippen molar-refractivity contribution >= 4 is 11.9 Å². The van der Waals surface area contributed by atoms with Crippen molar-refractivity contribution in [2.45, 2.75) is 174 Å². The van der Waals surface area contributed by atoms with E-state index in [-0.39, 0.29) is 12.4 Å². The van der Waals surface area contributed by atoms with E-state index < -0.39 is 12.1 Å². The lowest BCUT2D eigenvalue weighted by molar-refractivity contribution is -0.153. The van der Waals surface area contributed by atoms with Gasteiger partial charge < -0.3 is 9.84 Å². The molecule has 0 saturated carbocycles. The fourth-order valence-corrected chi connectivity index (χ4v) is 4.47. The average Bonchev–Trinajstić information content (AvgIpc) is 2.82. The molecule has 0 aromatic carbocycles. The Bertz CT molecular complexity index is 500. The topological polar surface area (TPSA) is 63.6 Å². The summed E-state index contributed by atoms with van der Waals surface area (Å²) < 4.78 is 5.53. The molecule has 35 heavy (non-hydrogen) atoms. The zero-order valence-corrected chi connectivity index (χ0v) is 23.4. The highest BCUT2D eigenvalue weighted by Gasteiger charge is 2.17. The lowest BCUT2D eigenvalue weighted by atomic mass is 10.0. The van der Waals surface area contributed by atoms with Crippen molar-refractivity contribution in [1.29, 1.82) is 0 Å². The summed E-state index contributed by atoms with van der Waals surface area (Å²) in [6.45, 7) is 4.47. The molecule has 0 fully saturated rings. The molecule has 1 unspecified atom stereocenters. The summed E-state index contributed by atoms with van der Waals surface area (Å²) >= 11 is 0. The molecule has 0 aliphatic rings. The molecule has 0 spiro atoms. The monoisotopic (exact) mass is 494 g/mol. The Morgan fingerprint density at radius 3 is 1.63 bits per heavy atom. The number of ether oxygens (including phenoxy) is 1. The third-order valence-electron chi connectivity index (χ3n) is 6.72. The number of esters is 1.